The quantitative estimate of drug-likeness (QED) is 0.529. The van der Waals surface area contributed by atoms with Gasteiger partial charge in [0.1, 0.15) is 12.0 Å². The van der Waals surface area contributed by atoms with Crippen LogP contribution in [-0.4, -0.2) is 29.4 Å². The van der Waals surface area contributed by atoms with Gasteiger partial charge in [0.25, 0.3) is 0 Å². The van der Waals surface area contributed by atoms with Crippen LogP contribution in [0.1, 0.15) is 5.69 Å². The molecule has 27 heavy (non-hydrogen) atoms. The van der Waals surface area contributed by atoms with Crippen molar-refractivity contribution >= 4 is 9.84 Å². The fraction of sp³-hybridized carbons (Fsp3) is 0.100. The molecule has 136 valence electrons. The molecule has 0 aliphatic carbocycles. The molecule has 0 radical (unpaired) electrons. The lowest BCUT2D eigenvalue weighted by Crippen LogP contribution is -2.02. The average Bonchev–Trinajstić information content (AvgIpc) is 3.32. The van der Waals surface area contributed by atoms with E-state index >= 15 is 0 Å². The van der Waals surface area contributed by atoms with Crippen molar-refractivity contribution in [2.45, 2.75) is 11.4 Å². The molecule has 0 spiro atoms. The predicted octanol–water partition coefficient (Wildman–Crippen LogP) is 3.66. The van der Waals surface area contributed by atoms with Crippen LogP contribution in [0, 0.1) is 0 Å². The molecule has 2 heterocycles. The Labute approximate surface area is 157 Å². The number of hydrogen-bond acceptors (Lipinski definition) is 5. The van der Waals surface area contributed by atoms with E-state index in [0.29, 0.717) is 6.54 Å². The van der Waals surface area contributed by atoms with E-state index in [1.54, 1.807) is 36.7 Å². The molecule has 4 aromatic rings. The van der Waals surface area contributed by atoms with Gasteiger partial charge in [0.15, 0.2) is 9.84 Å². The molecular weight excluding hydrogens is 362 g/mol. The van der Waals surface area contributed by atoms with E-state index in [-0.39, 0.29) is 4.90 Å². The van der Waals surface area contributed by atoms with E-state index in [0.717, 1.165) is 28.2 Å². The van der Waals surface area contributed by atoms with Crippen molar-refractivity contribution in [2.75, 3.05) is 6.26 Å². The summed E-state index contributed by atoms with van der Waals surface area (Å²) in [5, 5.41) is 3.97. The lowest BCUT2D eigenvalue weighted by molar-refractivity contribution is 0.410. The molecule has 0 unspecified atom stereocenters. The SMILES string of the molecule is CS(=O)(=O)c1ccc(-c2c(-c3ccccc3)ncn2Cc2ccon2)cc1. The Morgan fingerprint density at radius 3 is 2.33 bits per heavy atom. The molecule has 0 aliphatic heterocycles. The Bertz CT molecular complexity index is 1150. The van der Waals surface area contributed by atoms with Crippen molar-refractivity contribution in [3.05, 3.63) is 78.9 Å². The fourth-order valence-corrected chi connectivity index (χ4v) is 3.60. The summed E-state index contributed by atoms with van der Waals surface area (Å²) >= 11 is 0. The van der Waals surface area contributed by atoms with Crippen LogP contribution < -0.4 is 0 Å². The van der Waals surface area contributed by atoms with Crippen molar-refractivity contribution in [1.29, 1.82) is 0 Å². The summed E-state index contributed by atoms with van der Waals surface area (Å²) in [6.45, 7) is 0.499. The molecule has 0 amide bonds. The number of aromatic nitrogens is 3. The Balaban J connectivity index is 1.84. The van der Waals surface area contributed by atoms with E-state index in [1.165, 1.54) is 12.5 Å². The monoisotopic (exact) mass is 379 g/mol. The maximum absolute atomic E-state index is 11.8. The molecule has 0 aliphatic rings. The van der Waals surface area contributed by atoms with E-state index in [4.69, 9.17) is 4.52 Å². The zero-order valence-electron chi connectivity index (χ0n) is 14.6. The lowest BCUT2D eigenvalue weighted by atomic mass is 10.0. The van der Waals surface area contributed by atoms with Crippen molar-refractivity contribution < 1.29 is 12.9 Å². The van der Waals surface area contributed by atoms with Crippen LogP contribution >= 0.6 is 0 Å². The van der Waals surface area contributed by atoms with Gasteiger partial charge in [0.2, 0.25) is 0 Å². The minimum absolute atomic E-state index is 0.287. The highest BCUT2D eigenvalue weighted by Crippen LogP contribution is 2.32. The third-order valence-electron chi connectivity index (χ3n) is 4.26. The van der Waals surface area contributed by atoms with Crippen LogP contribution in [0.15, 0.2) is 82.7 Å². The molecule has 0 saturated carbocycles. The standard InChI is InChI=1S/C20H17N3O3S/c1-27(24,25)18-9-7-16(8-10-18)20-19(15-5-3-2-4-6-15)21-14-23(20)13-17-11-12-26-22-17/h2-12,14H,13H2,1H3. The van der Waals surface area contributed by atoms with E-state index < -0.39 is 9.84 Å². The van der Waals surface area contributed by atoms with E-state index in [2.05, 4.69) is 10.1 Å². The van der Waals surface area contributed by atoms with Gasteiger partial charge < -0.3 is 9.09 Å². The van der Waals surface area contributed by atoms with Crippen LogP contribution in [0.3, 0.4) is 0 Å². The van der Waals surface area contributed by atoms with Crippen LogP contribution in [-0.2, 0) is 16.4 Å². The molecule has 0 bridgehead atoms. The summed E-state index contributed by atoms with van der Waals surface area (Å²) in [6, 6.07) is 18.5. The second-order valence-corrected chi connectivity index (χ2v) is 8.24. The van der Waals surface area contributed by atoms with Crippen molar-refractivity contribution in [1.82, 2.24) is 14.7 Å². The molecule has 7 heteroatoms. The van der Waals surface area contributed by atoms with E-state index in [9.17, 15) is 8.42 Å². The molecule has 0 atom stereocenters. The van der Waals surface area contributed by atoms with Gasteiger partial charge in [0.05, 0.1) is 29.2 Å². The van der Waals surface area contributed by atoms with Gasteiger partial charge in [-0.05, 0) is 12.1 Å². The highest BCUT2D eigenvalue weighted by atomic mass is 32.2. The number of sulfone groups is 1. The molecule has 2 aromatic carbocycles. The molecule has 6 nitrogen and oxygen atoms in total. The molecule has 2 aromatic heterocycles. The van der Waals surface area contributed by atoms with Gasteiger partial charge in [-0.2, -0.15) is 0 Å². The largest absolute Gasteiger partial charge is 0.364 e. The van der Waals surface area contributed by atoms with Crippen LogP contribution in [0.25, 0.3) is 22.5 Å². The van der Waals surface area contributed by atoms with Crippen LogP contribution in [0.4, 0.5) is 0 Å². The summed E-state index contributed by atoms with van der Waals surface area (Å²) in [5.74, 6) is 0. The molecule has 4 rings (SSSR count). The van der Waals surface area contributed by atoms with Gasteiger partial charge in [-0.25, -0.2) is 13.4 Å². The van der Waals surface area contributed by atoms with Crippen LogP contribution in [0.5, 0.6) is 0 Å². The number of benzene rings is 2. The van der Waals surface area contributed by atoms with Crippen molar-refractivity contribution in [2.24, 2.45) is 0 Å². The first-order valence-electron chi connectivity index (χ1n) is 8.33. The van der Waals surface area contributed by atoms with Crippen LogP contribution in [0.2, 0.25) is 0 Å². The highest BCUT2D eigenvalue weighted by Gasteiger charge is 2.17. The summed E-state index contributed by atoms with van der Waals surface area (Å²) < 4.78 is 30.4. The maximum Gasteiger partial charge on any atom is 0.175 e. The summed E-state index contributed by atoms with van der Waals surface area (Å²) in [7, 11) is -3.25. The summed E-state index contributed by atoms with van der Waals surface area (Å²) in [6.07, 6.45) is 4.49. The number of rotatable bonds is 5. The minimum atomic E-state index is -3.25. The fourth-order valence-electron chi connectivity index (χ4n) is 2.97. The third-order valence-corrected chi connectivity index (χ3v) is 5.39. The molecule has 0 saturated heterocycles. The Hall–Kier alpha value is -3.19. The average molecular weight is 379 g/mol. The zero-order chi connectivity index (χ0) is 18.9. The first-order chi connectivity index (χ1) is 13.0. The molecule has 0 fully saturated rings. The van der Waals surface area contributed by atoms with Gasteiger partial charge in [-0.3, -0.25) is 0 Å². The second kappa shape index (κ2) is 6.85. The smallest absolute Gasteiger partial charge is 0.175 e. The first kappa shape index (κ1) is 17.2. The van der Waals surface area contributed by atoms with Gasteiger partial charge >= 0.3 is 0 Å². The number of hydrogen-bond donors (Lipinski definition) is 0. The topological polar surface area (TPSA) is 78.0 Å². The highest BCUT2D eigenvalue weighted by molar-refractivity contribution is 7.90. The maximum atomic E-state index is 11.8. The number of imidazole rings is 1. The Morgan fingerprint density at radius 2 is 1.70 bits per heavy atom. The third kappa shape index (κ3) is 3.54. The zero-order valence-corrected chi connectivity index (χ0v) is 15.4. The lowest BCUT2D eigenvalue weighted by Gasteiger charge is -2.10. The molecular formula is C20H17N3O3S. The van der Waals surface area contributed by atoms with Gasteiger partial charge in [-0.15, -0.1) is 0 Å². The minimum Gasteiger partial charge on any atom is -0.364 e. The molecule has 0 N–H and O–H groups in total. The Kier molecular flexibility index (Phi) is 4.37. The van der Waals surface area contributed by atoms with Crippen molar-refractivity contribution in [3.8, 4) is 22.5 Å². The number of nitrogens with zero attached hydrogens (tertiary/aromatic N) is 3. The Morgan fingerprint density at radius 1 is 0.963 bits per heavy atom. The van der Waals surface area contributed by atoms with Gasteiger partial charge in [-0.1, -0.05) is 47.6 Å². The summed E-state index contributed by atoms with van der Waals surface area (Å²) in [4.78, 5) is 4.89. The summed E-state index contributed by atoms with van der Waals surface area (Å²) in [5.41, 5.74) is 4.36. The predicted molar refractivity (Wildman–Crippen MR) is 102 cm³/mol. The first-order valence-corrected chi connectivity index (χ1v) is 10.2. The second-order valence-electron chi connectivity index (χ2n) is 6.22. The van der Waals surface area contributed by atoms with Gasteiger partial charge in [0, 0.05) is 23.4 Å². The normalized spacial score (nSPS) is 11.6. The van der Waals surface area contributed by atoms with E-state index in [1.807, 2.05) is 34.9 Å². The van der Waals surface area contributed by atoms with Crippen molar-refractivity contribution in [3.63, 3.8) is 0 Å².